The van der Waals surface area contributed by atoms with Crippen molar-refractivity contribution in [3.63, 3.8) is 0 Å². The Bertz CT molecular complexity index is 284. The summed E-state index contributed by atoms with van der Waals surface area (Å²) in [5.41, 5.74) is 4.94. The molecule has 0 spiro atoms. The molecule has 0 unspecified atom stereocenters. The average Bonchev–Trinajstić information content (AvgIpc) is 1.59. The molecule has 0 fully saturated rings. The minimum atomic E-state index is -0.281. The normalized spacial score (nSPS) is 9.33. The Morgan fingerprint density at radius 3 is 2.67 bits per heavy atom. The van der Waals surface area contributed by atoms with Gasteiger partial charge in [0.25, 0.3) is 5.56 Å². The van der Waals surface area contributed by atoms with Crippen molar-refractivity contribution in [1.82, 2.24) is 9.97 Å². The summed E-state index contributed by atoms with van der Waals surface area (Å²) in [6.07, 6.45) is 0. The summed E-state index contributed by atoms with van der Waals surface area (Å²) in [4.78, 5) is 15.4. The van der Waals surface area contributed by atoms with Gasteiger partial charge in [0.05, 0.1) is 0 Å². The zero-order valence-electron chi connectivity index (χ0n) is 4.47. The molecular formula is C4H5N3OS. The molecule has 1 aromatic heterocycles. The van der Waals surface area contributed by atoms with Crippen molar-refractivity contribution in [2.24, 2.45) is 0 Å². The van der Waals surface area contributed by atoms with Gasteiger partial charge in [-0.15, -0.1) is 0 Å². The lowest BCUT2D eigenvalue weighted by molar-refractivity contribution is 1.10. The van der Waals surface area contributed by atoms with Crippen molar-refractivity contribution in [2.45, 2.75) is 0 Å². The highest BCUT2D eigenvalue weighted by Gasteiger charge is 1.84. The Morgan fingerprint density at radius 2 is 2.22 bits per heavy atom. The summed E-state index contributed by atoms with van der Waals surface area (Å²) < 4.78 is 0.250. The number of aromatic amines is 2. The van der Waals surface area contributed by atoms with E-state index in [1.54, 1.807) is 0 Å². The summed E-state index contributed by atoms with van der Waals surface area (Å²) in [5, 5.41) is 0. The van der Waals surface area contributed by atoms with E-state index in [9.17, 15) is 4.79 Å². The van der Waals surface area contributed by atoms with Gasteiger partial charge < -0.3 is 10.7 Å². The van der Waals surface area contributed by atoms with Crippen LogP contribution in [0.15, 0.2) is 10.9 Å². The van der Waals surface area contributed by atoms with Crippen LogP contribution in [0.2, 0.25) is 0 Å². The lowest BCUT2D eigenvalue weighted by Crippen LogP contribution is -2.07. The van der Waals surface area contributed by atoms with Gasteiger partial charge in [0, 0.05) is 6.07 Å². The van der Waals surface area contributed by atoms with Gasteiger partial charge in [-0.1, -0.05) is 0 Å². The topological polar surface area (TPSA) is 74.7 Å². The third-order valence-corrected chi connectivity index (χ3v) is 0.985. The Morgan fingerprint density at radius 1 is 1.56 bits per heavy atom. The van der Waals surface area contributed by atoms with E-state index in [1.807, 2.05) is 0 Å². The predicted molar refractivity (Wildman–Crippen MR) is 36.7 cm³/mol. The largest absolute Gasteiger partial charge is 0.385 e. The van der Waals surface area contributed by atoms with Gasteiger partial charge >= 0.3 is 0 Å². The summed E-state index contributed by atoms with van der Waals surface area (Å²) in [7, 11) is 0. The number of nitrogens with one attached hydrogen (secondary N) is 2. The van der Waals surface area contributed by atoms with Gasteiger partial charge in [-0.25, -0.2) is 0 Å². The van der Waals surface area contributed by atoms with E-state index in [4.69, 9.17) is 5.73 Å². The molecule has 0 amide bonds. The number of H-pyrrole nitrogens is 2. The van der Waals surface area contributed by atoms with Crippen LogP contribution in [-0.2, 0) is 0 Å². The van der Waals surface area contributed by atoms with Gasteiger partial charge in [-0.3, -0.25) is 9.78 Å². The molecule has 0 aliphatic rings. The fourth-order valence-corrected chi connectivity index (χ4v) is 0.706. The van der Waals surface area contributed by atoms with Crippen molar-refractivity contribution in [3.8, 4) is 0 Å². The van der Waals surface area contributed by atoms with Crippen molar-refractivity contribution < 1.29 is 0 Å². The number of anilines is 1. The number of hydrogen-bond donors (Lipinski definition) is 3. The SMILES string of the molecule is N[13c]1cc(=O)[nH]c(=S)[nH]1. The lowest BCUT2D eigenvalue weighted by atomic mass is 10.8. The first-order chi connectivity index (χ1) is 4.18. The van der Waals surface area contributed by atoms with E-state index in [0.717, 1.165) is 0 Å². The summed E-state index contributed by atoms with van der Waals surface area (Å²) >= 11 is 4.60. The first kappa shape index (κ1) is 6.03. The minimum Gasteiger partial charge on any atom is -0.385 e. The molecule has 0 aromatic carbocycles. The molecule has 5 heteroatoms. The first-order valence-corrected chi connectivity index (χ1v) is 2.68. The zero-order chi connectivity index (χ0) is 6.85. The highest BCUT2D eigenvalue weighted by molar-refractivity contribution is 7.71. The fraction of sp³-hybridized carbons (Fsp3) is 0. The minimum absolute atomic E-state index is 0.250. The van der Waals surface area contributed by atoms with Gasteiger partial charge in [-0.05, 0) is 12.2 Å². The molecule has 0 atom stereocenters. The van der Waals surface area contributed by atoms with Gasteiger partial charge in [-0.2, -0.15) is 0 Å². The predicted octanol–water partition coefficient (Wildman–Crippen LogP) is 0.0147. The van der Waals surface area contributed by atoms with Crippen molar-refractivity contribution in [1.29, 1.82) is 0 Å². The second-order valence-electron chi connectivity index (χ2n) is 1.54. The number of nitrogen functional groups attached to an aromatic ring is 1. The maximum absolute atomic E-state index is 10.5. The maximum Gasteiger partial charge on any atom is 0.253 e. The summed E-state index contributed by atoms with van der Waals surface area (Å²) in [5.74, 6) is 0.281. The number of aromatic nitrogens is 2. The zero-order valence-corrected chi connectivity index (χ0v) is 5.29. The van der Waals surface area contributed by atoms with Crippen LogP contribution in [0.1, 0.15) is 0 Å². The van der Waals surface area contributed by atoms with E-state index in [1.165, 1.54) is 6.07 Å². The number of hydrogen-bond acceptors (Lipinski definition) is 3. The number of rotatable bonds is 0. The molecule has 4 N–H and O–H groups in total. The van der Waals surface area contributed by atoms with Crippen LogP contribution in [0.25, 0.3) is 0 Å². The van der Waals surface area contributed by atoms with Crippen LogP contribution in [-0.4, -0.2) is 9.97 Å². The van der Waals surface area contributed by atoms with Gasteiger partial charge in [0.15, 0.2) is 4.77 Å². The first-order valence-electron chi connectivity index (χ1n) is 2.27. The van der Waals surface area contributed by atoms with Crippen LogP contribution in [0, 0.1) is 4.77 Å². The summed E-state index contributed by atoms with van der Waals surface area (Å²) in [6.45, 7) is 0. The van der Waals surface area contributed by atoms with E-state index in [2.05, 4.69) is 22.2 Å². The van der Waals surface area contributed by atoms with Crippen molar-refractivity contribution >= 4 is 18.0 Å². The van der Waals surface area contributed by atoms with Crippen molar-refractivity contribution in [2.75, 3.05) is 5.73 Å². The lowest BCUT2D eigenvalue weighted by Gasteiger charge is -1.87. The van der Waals surface area contributed by atoms with Crippen LogP contribution >= 0.6 is 12.2 Å². The van der Waals surface area contributed by atoms with E-state index in [0.29, 0.717) is 0 Å². The quantitative estimate of drug-likeness (QED) is 0.449. The third kappa shape index (κ3) is 1.39. The number of nitrogens with two attached hydrogens (primary N) is 1. The van der Waals surface area contributed by atoms with Crippen molar-refractivity contribution in [3.05, 3.63) is 21.2 Å². The van der Waals surface area contributed by atoms with Crippen LogP contribution < -0.4 is 11.3 Å². The molecule has 0 aliphatic carbocycles. The van der Waals surface area contributed by atoms with Crippen LogP contribution in [0.4, 0.5) is 5.82 Å². The van der Waals surface area contributed by atoms with Crippen LogP contribution in [0.3, 0.4) is 0 Å². The smallest absolute Gasteiger partial charge is 0.253 e. The molecule has 1 heterocycles. The Labute approximate surface area is 55.7 Å². The maximum atomic E-state index is 10.5. The highest BCUT2D eigenvalue weighted by Crippen LogP contribution is 1.84. The second-order valence-corrected chi connectivity index (χ2v) is 1.95. The Kier molecular flexibility index (Phi) is 1.35. The molecule has 0 radical (unpaired) electrons. The molecule has 4 nitrogen and oxygen atoms in total. The fourth-order valence-electron chi connectivity index (χ4n) is 0.488. The Balaban J connectivity index is 3.52. The second kappa shape index (κ2) is 2.02. The molecule has 48 valence electrons. The van der Waals surface area contributed by atoms with Crippen LogP contribution in [0.5, 0.6) is 0 Å². The average molecular weight is 144 g/mol. The molecule has 1 aromatic rings. The standard InChI is InChI=1S/C4H5N3OS/c5-2-1-3(8)7-4(9)6-2/h1H,(H4,5,6,7,8,9)/i2+1. The van der Waals surface area contributed by atoms with Gasteiger partial charge in [0.1, 0.15) is 5.82 Å². The molecule has 0 aliphatic heterocycles. The van der Waals surface area contributed by atoms with E-state index >= 15 is 0 Å². The monoisotopic (exact) mass is 144 g/mol. The van der Waals surface area contributed by atoms with E-state index in [-0.39, 0.29) is 16.1 Å². The molecule has 9 heavy (non-hydrogen) atoms. The molecule has 1 rings (SSSR count). The molecule has 0 saturated heterocycles. The van der Waals surface area contributed by atoms with E-state index < -0.39 is 0 Å². The molecule has 0 saturated carbocycles. The highest BCUT2D eigenvalue weighted by atomic mass is 32.1. The third-order valence-electron chi connectivity index (χ3n) is 0.781. The molecule has 0 bridgehead atoms. The van der Waals surface area contributed by atoms with Gasteiger partial charge in [0.2, 0.25) is 0 Å². The Hall–Kier alpha value is -1.10. The molecular weight excluding hydrogens is 139 g/mol. The summed E-state index contributed by atoms with van der Waals surface area (Å²) in [6, 6.07) is 1.23.